The first-order valence-electron chi connectivity index (χ1n) is 8.14. The third-order valence-electron chi connectivity index (χ3n) is 4.05. The van der Waals surface area contributed by atoms with Gasteiger partial charge in [-0.1, -0.05) is 0 Å². The Labute approximate surface area is 141 Å². The monoisotopic (exact) mass is 326 g/mol. The van der Waals surface area contributed by atoms with E-state index in [0.29, 0.717) is 17.3 Å². The summed E-state index contributed by atoms with van der Waals surface area (Å²) >= 11 is 0. The van der Waals surface area contributed by atoms with Crippen LogP contribution in [0.5, 0.6) is 0 Å². The summed E-state index contributed by atoms with van der Waals surface area (Å²) in [5.41, 5.74) is 8.31. The topological polar surface area (TPSA) is 106 Å². The molecular weight excluding hydrogens is 304 g/mol. The first-order valence-corrected chi connectivity index (χ1v) is 8.14. The van der Waals surface area contributed by atoms with E-state index in [1.807, 2.05) is 26.2 Å². The number of carbonyl (C=O) groups excluding carboxylic acids is 1. The zero-order chi connectivity index (χ0) is 17.1. The van der Waals surface area contributed by atoms with Crippen LogP contribution in [-0.2, 0) is 12.8 Å². The Morgan fingerprint density at radius 2 is 2.17 bits per heavy atom. The summed E-state index contributed by atoms with van der Waals surface area (Å²) in [7, 11) is 0. The van der Waals surface area contributed by atoms with Gasteiger partial charge >= 0.3 is 0 Å². The van der Waals surface area contributed by atoms with Crippen molar-refractivity contribution in [3.8, 4) is 0 Å². The minimum Gasteiger partial charge on any atom is -0.367 e. The van der Waals surface area contributed by atoms with Gasteiger partial charge in [-0.15, -0.1) is 0 Å². The van der Waals surface area contributed by atoms with Crippen molar-refractivity contribution in [2.24, 2.45) is 5.73 Å². The zero-order valence-corrected chi connectivity index (χ0v) is 13.9. The van der Waals surface area contributed by atoms with E-state index in [4.69, 9.17) is 5.73 Å². The number of fused-ring (bicyclic) bond motifs is 1. The Hall–Kier alpha value is -2.70. The van der Waals surface area contributed by atoms with Gasteiger partial charge < -0.3 is 16.4 Å². The third-order valence-corrected chi connectivity index (χ3v) is 4.05. The fourth-order valence-electron chi connectivity index (χ4n) is 2.90. The van der Waals surface area contributed by atoms with Crippen molar-refractivity contribution >= 4 is 17.7 Å². The second-order valence-electron chi connectivity index (χ2n) is 6.35. The Morgan fingerprint density at radius 3 is 2.92 bits per heavy atom. The number of nitrogens with two attached hydrogens (primary N) is 1. The standard InChI is InChI=1S/C17H22N6O/c1-10(2)21-16-14(15(18)24)9-20-17(23-16)22-13-4-3-12-8-19-6-5-11(12)7-13/h5-6,8-10,13H,3-4,7H2,1-2H3,(H2,18,24)(H2,20,21,22,23)/t13-/m0/s1. The molecule has 3 rings (SSSR count). The maximum absolute atomic E-state index is 11.5. The van der Waals surface area contributed by atoms with E-state index in [1.165, 1.54) is 17.3 Å². The third kappa shape index (κ3) is 3.61. The molecule has 2 aromatic rings. The number of hydrogen-bond donors (Lipinski definition) is 3. The number of primary amides is 1. The molecule has 2 aromatic heterocycles. The van der Waals surface area contributed by atoms with Crippen LogP contribution < -0.4 is 16.4 Å². The minimum atomic E-state index is -0.538. The van der Waals surface area contributed by atoms with E-state index in [1.54, 1.807) is 0 Å². The van der Waals surface area contributed by atoms with Crippen molar-refractivity contribution in [1.82, 2.24) is 15.0 Å². The van der Waals surface area contributed by atoms with Gasteiger partial charge in [-0.05, 0) is 50.3 Å². The number of aryl methyl sites for hydroxylation is 1. The Balaban J connectivity index is 1.77. The van der Waals surface area contributed by atoms with Gasteiger partial charge in [-0.3, -0.25) is 9.78 Å². The molecule has 0 unspecified atom stereocenters. The lowest BCUT2D eigenvalue weighted by molar-refractivity contribution is 0.100. The number of amides is 1. The normalized spacial score (nSPS) is 16.5. The average Bonchev–Trinajstić information content (AvgIpc) is 2.54. The number of nitrogens with one attached hydrogen (secondary N) is 2. The van der Waals surface area contributed by atoms with Crippen LogP contribution >= 0.6 is 0 Å². The van der Waals surface area contributed by atoms with E-state index >= 15 is 0 Å². The summed E-state index contributed by atoms with van der Waals surface area (Å²) in [4.78, 5) is 24.4. The number of hydrogen-bond acceptors (Lipinski definition) is 6. The van der Waals surface area contributed by atoms with Crippen molar-refractivity contribution in [2.45, 2.75) is 45.2 Å². The highest BCUT2D eigenvalue weighted by molar-refractivity contribution is 5.97. The van der Waals surface area contributed by atoms with Gasteiger partial charge in [0.2, 0.25) is 5.95 Å². The average molecular weight is 326 g/mol. The van der Waals surface area contributed by atoms with Crippen molar-refractivity contribution in [3.05, 3.63) is 41.3 Å². The molecule has 24 heavy (non-hydrogen) atoms. The fraction of sp³-hybridized carbons (Fsp3) is 0.412. The molecule has 0 aromatic carbocycles. The van der Waals surface area contributed by atoms with E-state index < -0.39 is 5.91 Å². The van der Waals surface area contributed by atoms with Crippen LogP contribution in [0.15, 0.2) is 24.7 Å². The highest BCUT2D eigenvalue weighted by atomic mass is 16.1. The van der Waals surface area contributed by atoms with Crippen LogP contribution in [0.3, 0.4) is 0 Å². The molecule has 1 amide bonds. The van der Waals surface area contributed by atoms with E-state index in [2.05, 4.69) is 31.7 Å². The van der Waals surface area contributed by atoms with Crippen molar-refractivity contribution < 1.29 is 4.79 Å². The molecule has 7 nitrogen and oxygen atoms in total. The highest BCUT2D eigenvalue weighted by Crippen LogP contribution is 2.23. The van der Waals surface area contributed by atoms with E-state index in [9.17, 15) is 4.79 Å². The highest BCUT2D eigenvalue weighted by Gasteiger charge is 2.20. The molecule has 0 bridgehead atoms. The summed E-state index contributed by atoms with van der Waals surface area (Å²) in [6.07, 6.45) is 8.12. The molecule has 7 heteroatoms. The SMILES string of the molecule is CC(C)Nc1nc(N[C@H]2CCc3cnccc3C2)ncc1C(N)=O. The van der Waals surface area contributed by atoms with Gasteiger partial charge in [-0.2, -0.15) is 4.98 Å². The van der Waals surface area contributed by atoms with Crippen molar-refractivity contribution in [1.29, 1.82) is 0 Å². The lowest BCUT2D eigenvalue weighted by Gasteiger charge is -2.25. The number of carbonyl (C=O) groups is 1. The van der Waals surface area contributed by atoms with E-state index in [-0.39, 0.29) is 12.1 Å². The Kier molecular flexibility index (Phi) is 4.59. The molecule has 0 radical (unpaired) electrons. The van der Waals surface area contributed by atoms with Gasteiger partial charge in [0.25, 0.3) is 5.91 Å². The number of nitrogens with zero attached hydrogens (tertiary/aromatic N) is 3. The molecule has 0 saturated heterocycles. The Morgan fingerprint density at radius 1 is 1.33 bits per heavy atom. The predicted molar refractivity (Wildman–Crippen MR) is 93.0 cm³/mol. The van der Waals surface area contributed by atoms with E-state index in [0.717, 1.165) is 19.3 Å². The van der Waals surface area contributed by atoms with Crippen molar-refractivity contribution in [2.75, 3.05) is 10.6 Å². The largest absolute Gasteiger partial charge is 0.367 e. The summed E-state index contributed by atoms with van der Waals surface area (Å²) < 4.78 is 0. The van der Waals surface area contributed by atoms with Gasteiger partial charge in [0.1, 0.15) is 5.82 Å². The second-order valence-corrected chi connectivity index (χ2v) is 6.35. The van der Waals surface area contributed by atoms with Crippen LogP contribution in [0.25, 0.3) is 0 Å². The van der Waals surface area contributed by atoms with Gasteiger partial charge in [0, 0.05) is 30.7 Å². The molecule has 0 aliphatic heterocycles. The number of pyridine rings is 1. The molecule has 1 aliphatic rings. The Bertz CT molecular complexity index is 746. The summed E-state index contributed by atoms with van der Waals surface area (Å²) in [5.74, 6) is 0.435. The molecule has 1 aliphatic carbocycles. The number of aromatic nitrogens is 3. The molecule has 2 heterocycles. The quantitative estimate of drug-likeness (QED) is 0.773. The summed E-state index contributed by atoms with van der Waals surface area (Å²) in [5, 5.41) is 6.51. The zero-order valence-electron chi connectivity index (χ0n) is 13.9. The molecule has 0 fully saturated rings. The minimum absolute atomic E-state index is 0.139. The molecule has 1 atom stereocenters. The molecule has 4 N–H and O–H groups in total. The smallest absolute Gasteiger partial charge is 0.254 e. The van der Waals surface area contributed by atoms with Crippen LogP contribution in [0.2, 0.25) is 0 Å². The van der Waals surface area contributed by atoms with Gasteiger partial charge in [-0.25, -0.2) is 4.98 Å². The lowest BCUT2D eigenvalue weighted by atomic mass is 9.90. The first kappa shape index (κ1) is 16.2. The maximum Gasteiger partial charge on any atom is 0.254 e. The molecule has 0 saturated carbocycles. The molecule has 126 valence electrons. The number of anilines is 2. The second kappa shape index (κ2) is 6.82. The van der Waals surface area contributed by atoms with Gasteiger partial charge in [0.15, 0.2) is 0 Å². The molecule has 0 spiro atoms. The first-order chi connectivity index (χ1) is 11.5. The summed E-state index contributed by atoms with van der Waals surface area (Å²) in [6, 6.07) is 2.46. The number of rotatable bonds is 5. The fourth-order valence-corrected chi connectivity index (χ4v) is 2.90. The maximum atomic E-state index is 11.5. The van der Waals surface area contributed by atoms with Crippen LogP contribution in [0, 0.1) is 0 Å². The lowest BCUT2D eigenvalue weighted by Crippen LogP contribution is -2.29. The van der Waals surface area contributed by atoms with Gasteiger partial charge in [0.05, 0.1) is 5.56 Å². The van der Waals surface area contributed by atoms with Crippen LogP contribution in [0.1, 0.15) is 41.8 Å². The molecular formula is C17H22N6O. The summed E-state index contributed by atoms with van der Waals surface area (Å²) in [6.45, 7) is 3.96. The van der Waals surface area contributed by atoms with Crippen molar-refractivity contribution in [3.63, 3.8) is 0 Å². The van der Waals surface area contributed by atoms with Crippen LogP contribution in [-0.4, -0.2) is 32.9 Å². The predicted octanol–water partition coefficient (Wildman–Crippen LogP) is 1.76. The van der Waals surface area contributed by atoms with Crippen LogP contribution in [0.4, 0.5) is 11.8 Å².